The van der Waals surface area contributed by atoms with Gasteiger partial charge in [0.15, 0.2) is 0 Å². The molecule has 2 aromatic carbocycles. The highest BCUT2D eigenvalue weighted by Gasteiger charge is 2.24. The molecular formula is C23H25N3O2. The molecule has 1 aliphatic carbocycles. The second-order valence-corrected chi connectivity index (χ2v) is 7.46. The first-order valence-electron chi connectivity index (χ1n) is 9.97. The van der Waals surface area contributed by atoms with Gasteiger partial charge in [-0.15, -0.1) is 0 Å². The van der Waals surface area contributed by atoms with Crippen molar-refractivity contribution in [1.82, 2.24) is 10.6 Å². The fourth-order valence-corrected chi connectivity index (χ4v) is 4.03. The van der Waals surface area contributed by atoms with Crippen molar-refractivity contribution < 1.29 is 9.53 Å². The molecule has 0 radical (unpaired) electrons. The monoisotopic (exact) mass is 375 g/mol. The number of aryl methyl sites for hydroxylation is 2. The van der Waals surface area contributed by atoms with E-state index >= 15 is 0 Å². The predicted octanol–water partition coefficient (Wildman–Crippen LogP) is 2.38. The first-order chi connectivity index (χ1) is 13.7. The topological polar surface area (TPSA) is 74.2 Å². The third-order valence-corrected chi connectivity index (χ3v) is 5.49. The van der Waals surface area contributed by atoms with Gasteiger partial charge in [0.05, 0.1) is 6.07 Å². The molecule has 1 fully saturated rings. The Morgan fingerprint density at radius 1 is 1.21 bits per heavy atom. The molecule has 0 aromatic heterocycles. The van der Waals surface area contributed by atoms with Gasteiger partial charge in [-0.2, -0.15) is 5.26 Å². The summed E-state index contributed by atoms with van der Waals surface area (Å²) >= 11 is 0. The molecule has 0 bridgehead atoms. The Bertz CT molecular complexity index is 895. The van der Waals surface area contributed by atoms with Crippen molar-refractivity contribution in [3.05, 3.63) is 59.2 Å². The average Bonchev–Trinajstić information content (AvgIpc) is 3.02. The van der Waals surface area contributed by atoms with Gasteiger partial charge in [-0.05, 0) is 53.6 Å². The van der Waals surface area contributed by atoms with Crippen molar-refractivity contribution in [3.8, 4) is 17.2 Å². The number of amides is 1. The molecular weight excluding hydrogens is 350 g/mol. The quantitative estimate of drug-likeness (QED) is 0.861. The van der Waals surface area contributed by atoms with Crippen LogP contribution in [0, 0.1) is 11.3 Å². The number of ether oxygens (including phenoxy) is 1. The van der Waals surface area contributed by atoms with Gasteiger partial charge in [-0.25, -0.2) is 0 Å². The molecule has 1 amide bonds. The van der Waals surface area contributed by atoms with Gasteiger partial charge < -0.3 is 15.4 Å². The summed E-state index contributed by atoms with van der Waals surface area (Å²) in [4.78, 5) is 12.5. The molecule has 0 saturated carbocycles. The Morgan fingerprint density at radius 2 is 2.04 bits per heavy atom. The summed E-state index contributed by atoms with van der Waals surface area (Å²) in [6, 6.07) is 16.6. The number of hydrogen-bond donors (Lipinski definition) is 2. The molecule has 2 N–H and O–H groups in total. The van der Waals surface area contributed by atoms with Crippen LogP contribution >= 0.6 is 0 Å². The number of hydrogen-bond acceptors (Lipinski definition) is 4. The zero-order valence-corrected chi connectivity index (χ0v) is 15.9. The van der Waals surface area contributed by atoms with E-state index in [-0.39, 0.29) is 5.91 Å². The number of carbonyl (C=O) groups is 1. The minimum absolute atomic E-state index is 0.215. The highest BCUT2D eigenvalue weighted by Crippen LogP contribution is 2.33. The standard InChI is InChI=1S/C23H25N3O2/c24-14-19(26-23(27)22-15-25-10-3-11-28-22)13-16-6-9-21-18(12-16)8-7-17-4-1-2-5-20(17)21/h1-2,4-6,9,12,19,22,25H,3,7-8,10-11,13,15H2,(H,26,27). The Labute approximate surface area is 165 Å². The summed E-state index contributed by atoms with van der Waals surface area (Å²) in [6.07, 6.45) is 2.90. The fraction of sp³-hybridized carbons (Fsp3) is 0.391. The Morgan fingerprint density at radius 3 is 2.93 bits per heavy atom. The molecule has 2 atom stereocenters. The van der Waals surface area contributed by atoms with Crippen LogP contribution in [0.2, 0.25) is 0 Å². The molecule has 2 aromatic rings. The van der Waals surface area contributed by atoms with Crippen LogP contribution in [0.3, 0.4) is 0 Å². The second kappa shape index (κ2) is 8.55. The zero-order valence-electron chi connectivity index (χ0n) is 15.9. The molecule has 1 heterocycles. The lowest BCUT2D eigenvalue weighted by Gasteiger charge is -2.21. The van der Waals surface area contributed by atoms with Crippen LogP contribution in [0.4, 0.5) is 0 Å². The van der Waals surface area contributed by atoms with Crippen molar-refractivity contribution in [1.29, 1.82) is 5.26 Å². The van der Waals surface area contributed by atoms with Gasteiger partial charge in [-0.3, -0.25) is 4.79 Å². The molecule has 1 saturated heterocycles. The van der Waals surface area contributed by atoms with Crippen molar-refractivity contribution >= 4 is 5.91 Å². The minimum atomic E-state index is -0.562. The van der Waals surface area contributed by atoms with Gasteiger partial charge >= 0.3 is 0 Å². The highest BCUT2D eigenvalue weighted by atomic mass is 16.5. The summed E-state index contributed by atoms with van der Waals surface area (Å²) in [5, 5.41) is 15.6. The maximum absolute atomic E-state index is 12.5. The molecule has 5 heteroatoms. The van der Waals surface area contributed by atoms with E-state index in [0.717, 1.165) is 31.4 Å². The lowest BCUT2D eigenvalue weighted by Crippen LogP contribution is -2.46. The molecule has 0 spiro atoms. The third kappa shape index (κ3) is 4.09. The maximum atomic E-state index is 12.5. The molecule has 1 aliphatic heterocycles. The van der Waals surface area contributed by atoms with E-state index in [0.29, 0.717) is 19.6 Å². The van der Waals surface area contributed by atoms with E-state index in [1.807, 2.05) is 0 Å². The minimum Gasteiger partial charge on any atom is -0.367 e. The van der Waals surface area contributed by atoms with Gasteiger partial charge in [0, 0.05) is 19.6 Å². The molecule has 2 aliphatic rings. The summed E-state index contributed by atoms with van der Waals surface area (Å²) < 4.78 is 5.58. The second-order valence-electron chi connectivity index (χ2n) is 7.46. The largest absolute Gasteiger partial charge is 0.367 e. The summed E-state index contributed by atoms with van der Waals surface area (Å²) in [6.45, 7) is 1.90. The predicted molar refractivity (Wildman–Crippen MR) is 108 cm³/mol. The Kier molecular flexibility index (Phi) is 5.70. The molecule has 144 valence electrons. The normalized spacial score (nSPS) is 19.5. The Balaban J connectivity index is 1.45. The first kappa shape index (κ1) is 18.7. The number of benzene rings is 2. The van der Waals surface area contributed by atoms with Crippen LogP contribution in [-0.4, -0.2) is 37.7 Å². The van der Waals surface area contributed by atoms with Crippen molar-refractivity contribution in [2.24, 2.45) is 0 Å². The number of nitrogens with one attached hydrogen (secondary N) is 2. The zero-order chi connectivity index (χ0) is 19.3. The summed E-state index contributed by atoms with van der Waals surface area (Å²) in [5.41, 5.74) is 6.36. The van der Waals surface area contributed by atoms with Crippen molar-refractivity contribution in [2.75, 3.05) is 19.7 Å². The van der Waals surface area contributed by atoms with E-state index in [9.17, 15) is 10.1 Å². The van der Waals surface area contributed by atoms with E-state index in [4.69, 9.17) is 4.74 Å². The van der Waals surface area contributed by atoms with Gasteiger partial charge in [0.2, 0.25) is 0 Å². The van der Waals surface area contributed by atoms with E-state index in [1.165, 1.54) is 22.3 Å². The first-order valence-corrected chi connectivity index (χ1v) is 9.97. The van der Waals surface area contributed by atoms with Crippen LogP contribution in [0.25, 0.3) is 11.1 Å². The van der Waals surface area contributed by atoms with Gasteiger partial charge in [0.1, 0.15) is 12.1 Å². The molecule has 28 heavy (non-hydrogen) atoms. The number of nitrogens with zero attached hydrogens (tertiary/aromatic N) is 1. The fourth-order valence-electron chi connectivity index (χ4n) is 4.03. The van der Waals surface area contributed by atoms with Crippen LogP contribution in [0.1, 0.15) is 23.1 Å². The third-order valence-electron chi connectivity index (χ3n) is 5.49. The summed E-state index contributed by atoms with van der Waals surface area (Å²) in [5.74, 6) is -0.215. The van der Waals surface area contributed by atoms with Crippen LogP contribution in [0.15, 0.2) is 42.5 Å². The highest BCUT2D eigenvalue weighted by molar-refractivity contribution is 5.81. The number of carbonyl (C=O) groups excluding carboxylic acids is 1. The van der Waals surface area contributed by atoms with Crippen molar-refractivity contribution in [2.45, 2.75) is 37.8 Å². The van der Waals surface area contributed by atoms with Gasteiger partial charge in [-0.1, -0.05) is 42.5 Å². The SMILES string of the molecule is N#CC(Cc1ccc2c(c1)CCc1ccccc1-2)NC(=O)C1CNCCCO1. The molecule has 2 unspecified atom stereocenters. The summed E-state index contributed by atoms with van der Waals surface area (Å²) in [7, 11) is 0. The van der Waals surface area contributed by atoms with Crippen LogP contribution in [0.5, 0.6) is 0 Å². The number of rotatable bonds is 4. The Hall–Kier alpha value is -2.68. The lowest BCUT2D eigenvalue weighted by molar-refractivity contribution is -0.132. The smallest absolute Gasteiger partial charge is 0.251 e. The number of nitriles is 1. The maximum Gasteiger partial charge on any atom is 0.251 e. The average molecular weight is 375 g/mol. The van der Waals surface area contributed by atoms with Crippen LogP contribution in [-0.2, 0) is 28.8 Å². The van der Waals surface area contributed by atoms with E-state index in [1.54, 1.807) is 0 Å². The van der Waals surface area contributed by atoms with Crippen molar-refractivity contribution in [3.63, 3.8) is 0 Å². The van der Waals surface area contributed by atoms with E-state index < -0.39 is 12.1 Å². The molecule has 5 nitrogen and oxygen atoms in total. The number of fused-ring (bicyclic) bond motifs is 3. The molecule has 4 rings (SSSR count). The lowest BCUT2D eigenvalue weighted by atomic mass is 9.84. The van der Waals surface area contributed by atoms with E-state index in [2.05, 4.69) is 59.2 Å². The van der Waals surface area contributed by atoms with Crippen LogP contribution < -0.4 is 10.6 Å². The van der Waals surface area contributed by atoms with Gasteiger partial charge in [0.25, 0.3) is 5.91 Å².